The molecule has 1 saturated carbocycles. The lowest BCUT2D eigenvalue weighted by Gasteiger charge is -2.32. The van der Waals surface area contributed by atoms with Crippen LogP contribution < -0.4 is 0 Å². The summed E-state index contributed by atoms with van der Waals surface area (Å²) in [5, 5.41) is 9.35. The average Bonchev–Trinajstić information content (AvgIpc) is 2.81. The van der Waals surface area contributed by atoms with Gasteiger partial charge in [-0.2, -0.15) is 5.26 Å². The number of aromatic nitrogens is 2. The SMILES string of the molecule is Cc1ccc(Br)cc1-c1cnc(C2(C#N)CCC2)[nH]1. The van der Waals surface area contributed by atoms with E-state index >= 15 is 0 Å². The molecule has 0 radical (unpaired) electrons. The number of halogens is 1. The van der Waals surface area contributed by atoms with Crippen molar-refractivity contribution in [1.29, 1.82) is 5.26 Å². The van der Waals surface area contributed by atoms with Crippen LogP contribution in [0.25, 0.3) is 11.3 Å². The number of rotatable bonds is 2. The van der Waals surface area contributed by atoms with Gasteiger partial charge in [0.05, 0.1) is 18.0 Å². The Morgan fingerprint density at radius 3 is 2.84 bits per heavy atom. The van der Waals surface area contributed by atoms with E-state index in [2.05, 4.69) is 51.0 Å². The molecule has 1 aromatic heterocycles. The predicted octanol–water partition coefficient (Wildman–Crippen LogP) is 4.09. The number of hydrogen-bond donors (Lipinski definition) is 1. The number of nitriles is 1. The lowest BCUT2D eigenvalue weighted by molar-refractivity contribution is 0.309. The first kappa shape index (κ1) is 12.4. The Morgan fingerprint density at radius 1 is 1.42 bits per heavy atom. The van der Waals surface area contributed by atoms with Gasteiger partial charge < -0.3 is 4.98 Å². The summed E-state index contributed by atoms with van der Waals surface area (Å²) in [6, 6.07) is 8.59. The van der Waals surface area contributed by atoms with Crippen molar-refractivity contribution in [3.63, 3.8) is 0 Å². The Labute approximate surface area is 120 Å². The summed E-state index contributed by atoms with van der Waals surface area (Å²) in [7, 11) is 0. The van der Waals surface area contributed by atoms with Gasteiger partial charge in [0.2, 0.25) is 0 Å². The van der Waals surface area contributed by atoms with Crippen molar-refractivity contribution in [3.05, 3.63) is 40.3 Å². The molecular formula is C15H14BrN3. The van der Waals surface area contributed by atoms with Crippen LogP contribution in [-0.4, -0.2) is 9.97 Å². The molecule has 0 unspecified atom stereocenters. The second-order valence-corrected chi connectivity index (χ2v) is 6.07. The van der Waals surface area contributed by atoms with Crippen LogP contribution >= 0.6 is 15.9 Å². The molecule has 3 rings (SSSR count). The van der Waals surface area contributed by atoms with Crippen molar-refractivity contribution in [2.75, 3.05) is 0 Å². The maximum Gasteiger partial charge on any atom is 0.127 e. The van der Waals surface area contributed by atoms with Crippen LogP contribution in [0.15, 0.2) is 28.9 Å². The minimum atomic E-state index is -0.377. The van der Waals surface area contributed by atoms with E-state index in [1.54, 1.807) is 0 Å². The second kappa shape index (κ2) is 4.50. The van der Waals surface area contributed by atoms with Crippen LogP contribution in [0, 0.1) is 18.3 Å². The van der Waals surface area contributed by atoms with Crippen LogP contribution in [0.1, 0.15) is 30.7 Å². The third-order valence-electron chi connectivity index (χ3n) is 3.94. The van der Waals surface area contributed by atoms with Crippen LogP contribution in [0.4, 0.5) is 0 Å². The van der Waals surface area contributed by atoms with Crippen molar-refractivity contribution in [2.45, 2.75) is 31.6 Å². The molecule has 0 saturated heterocycles. The minimum absolute atomic E-state index is 0.377. The zero-order valence-electron chi connectivity index (χ0n) is 10.7. The molecule has 0 bridgehead atoms. The molecule has 96 valence electrons. The van der Waals surface area contributed by atoms with E-state index in [-0.39, 0.29) is 5.41 Å². The summed E-state index contributed by atoms with van der Waals surface area (Å²) in [6.07, 6.45) is 4.77. The number of nitrogens with one attached hydrogen (secondary N) is 1. The van der Waals surface area contributed by atoms with E-state index in [0.717, 1.165) is 40.8 Å². The van der Waals surface area contributed by atoms with Gasteiger partial charge in [-0.25, -0.2) is 4.98 Å². The highest BCUT2D eigenvalue weighted by Gasteiger charge is 2.41. The molecule has 1 aromatic carbocycles. The summed E-state index contributed by atoms with van der Waals surface area (Å²) < 4.78 is 1.04. The largest absolute Gasteiger partial charge is 0.341 e. The summed E-state index contributed by atoms with van der Waals surface area (Å²) in [6.45, 7) is 2.08. The molecule has 3 nitrogen and oxygen atoms in total. The molecule has 1 N–H and O–H groups in total. The highest BCUT2D eigenvalue weighted by atomic mass is 79.9. The summed E-state index contributed by atoms with van der Waals surface area (Å²) in [5.74, 6) is 0.815. The minimum Gasteiger partial charge on any atom is -0.341 e. The van der Waals surface area contributed by atoms with Gasteiger partial charge in [0, 0.05) is 10.0 Å². The van der Waals surface area contributed by atoms with Crippen molar-refractivity contribution in [1.82, 2.24) is 9.97 Å². The molecule has 2 aromatic rings. The third-order valence-corrected chi connectivity index (χ3v) is 4.43. The Balaban J connectivity index is 2.02. The second-order valence-electron chi connectivity index (χ2n) is 5.15. The smallest absolute Gasteiger partial charge is 0.127 e. The lowest BCUT2D eigenvalue weighted by atomic mass is 9.69. The molecule has 1 aliphatic rings. The quantitative estimate of drug-likeness (QED) is 0.907. The number of H-pyrrole nitrogens is 1. The molecular weight excluding hydrogens is 302 g/mol. The van der Waals surface area contributed by atoms with Crippen molar-refractivity contribution < 1.29 is 0 Å². The van der Waals surface area contributed by atoms with Gasteiger partial charge in [-0.3, -0.25) is 0 Å². The number of imidazole rings is 1. The van der Waals surface area contributed by atoms with Gasteiger partial charge >= 0.3 is 0 Å². The van der Waals surface area contributed by atoms with Gasteiger partial charge in [0.15, 0.2) is 0 Å². The van der Waals surface area contributed by atoms with Crippen molar-refractivity contribution in [2.24, 2.45) is 0 Å². The summed E-state index contributed by atoms with van der Waals surface area (Å²) in [5.41, 5.74) is 2.92. The first-order valence-electron chi connectivity index (χ1n) is 6.38. The molecule has 1 fully saturated rings. The van der Waals surface area contributed by atoms with Gasteiger partial charge in [-0.05, 0) is 43.9 Å². The number of nitrogens with zero attached hydrogens (tertiary/aromatic N) is 2. The van der Waals surface area contributed by atoms with Crippen LogP contribution in [-0.2, 0) is 5.41 Å². The molecule has 19 heavy (non-hydrogen) atoms. The highest BCUT2D eigenvalue weighted by molar-refractivity contribution is 9.10. The number of benzene rings is 1. The fourth-order valence-corrected chi connectivity index (χ4v) is 2.88. The van der Waals surface area contributed by atoms with E-state index < -0.39 is 0 Å². The maximum atomic E-state index is 9.35. The summed E-state index contributed by atoms with van der Waals surface area (Å²) >= 11 is 3.49. The van der Waals surface area contributed by atoms with Gasteiger partial charge in [-0.1, -0.05) is 22.0 Å². The normalized spacial score (nSPS) is 16.7. The molecule has 0 amide bonds. The first-order valence-corrected chi connectivity index (χ1v) is 7.17. The fourth-order valence-electron chi connectivity index (χ4n) is 2.52. The molecule has 1 aliphatic carbocycles. The number of aromatic amines is 1. The molecule has 0 spiro atoms. The Bertz CT molecular complexity index is 662. The van der Waals surface area contributed by atoms with Gasteiger partial charge in [0.25, 0.3) is 0 Å². The zero-order chi connectivity index (χ0) is 13.5. The van der Waals surface area contributed by atoms with E-state index in [1.807, 2.05) is 12.3 Å². The van der Waals surface area contributed by atoms with Gasteiger partial charge in [0.1, 0.15) is 11.2 Å². The molecule has 0 aliphatic heterocycles. The summed E-state index contributed by atoms with van der Waals surface area (Å²) in [4.78, 5) is 7.77. The first-order chi connectivity index (χ1) is 9.14. The molecule has 0 atom stereocenters. The van der Waals surface area contributed by atoms with E-state index in [4.69, 9.17) is 0 Å². The zero-order valence-corrected chi connectivity index (χ0v) is 12.3. The number of aryl methyl sites for hydroxylation is 1. The van der Waals surface area contributed by atoms with E-state index in [1.165, 1.54) is 5.56 Å². The van der Waals surface area contributed by atoms with Crippen LogP contribution in [0.2, 0.25) is 0 Å². The fraction of sp³-hybridized carbons (Fsp3) is 0.333. The monoisotopic (exact) mass is 315 g/mol. The number of hydrogen-bond acceptors (Lipinski definition) is 2. The Morgan fingerprint density at radius 2 is 2.21 bits per heavy atom. The van der Waals surface area contributed by atoms with Crippen molar-refractivity contribution in [3.8, 4) is 17.3 Å². The van der Waals surface area contributed by atoms with Gasteiger partial charge in [-0.15, -0.1) is 0 Å². The van der Waals surface area contributed by atoms with E-state index in [9.17, 15) is 5.26 Å². The van der Waals surface area contributed by atoms with Crippen LogP contribution in [0.5, 0.6) is 0 Å². The Hall–Kier alpha value is -1.60. The molecule has 1 heterocycles. The topological polar surface area (TPSA) is 52.5 Å². The maximum absolute atomic E-state index is 9.35. The van der Waals surface area contributed by atoms with Crippen molar-refractivity contribution >= 4 is 15.9 Å². The molecule has 4 heteroatoms. The predicted molar refractivity (Wildman–Crippen MR) is 77.6 cm³/mol. The highest BCUT2D eigenvalue weighted by Crippen LogP contribution is 2.42. The Kier molecular flexibility index (Phi) is 2.94. The van der Waals surface area contributed by atoms with E-state index in [0.29, 0.717) is 0 Å². The third kappa shape index (κ3) is 1.98. The average molecular weight is 316 g/mol. The lowest BCUT2D eigenvalue weighted by Crippen LogP contribution is -2.33. The van der Waals surface area contributed by atoms with Crippen LogP contribution in [0.3, 0.4) is 0 Å². The standard InChI is InChI=1S/C15H14BrN3/c1-10-3-4-11(16)7-12(10)13-8-18-14(19-13)15(9-17)5-2-6-15/h3-4,7-8H,2,5-6H2,1H3,(H,18,19).